The molecule has 26 heavy (non-hydrogen) atoms. The monoisotopic (exact) mass is 348 g/mol. The quantitative estimate of drug-likeness (QED) is 0.727. The Morgan fingerprint density at radius 2 is 1.88 bits per heavy atom. The number of benzene rings is 2. The highest BCUT2D eigenvalue weighted by Gasteiger charge is 2.15. The second-order valence-corrected chi connectivity index (χ2v) is 7.00. The Morgan fingerprint density at radius 3 is 2.77 bits per heavy atom. The van der Waals surface area contributed by atoms with Crippen molar-refractivity contribution in [2.24, 2.45) is 0 Å². The molecule has 0 bridgehead atoms. The fourth-order valence-corrected chi connectivity index (χ4v) is 3.72. The SMILES string of the molecule is O=C(Nc1cnn(Cc2cccc3ccccc23)c1)NC1CCCCC1. The third kappa shape index (κ3) is 3.87. The minimum Gasteiger partial charge on any atom is -0.335 e. The van der Waals surface area contributed by atoms with Gasteiger partial charge < -0.3 is 10.6 Å². The summed E-state index contributed by atoms with van der Waals surface area (Å²) in [5, 5.41) is 12.8. The predicted molar refractivity (Wildman–Crippen MR) is 104 cm³/mol. The molecule has 0 aliphatic heterocycles. The Morgan fingerprint density at radius 1 is 1.08 bits per heavy atom. The first kappa shape index (κ1) is 16.6. The summed E-state index contributed by atoms with van der Waals surface area (Å²) in [6.45, 7) is 0.674. The Bertz CT molecular complexity index is 890. The molecule has 0 radical (unpaired) electrons. The molecule has 5 nitrogen and oxygen atoms in total. The lowest BCUT2D eigenvalue weighted by Gasteiger charge is -2.22. The summed E-state index contributed by atoms with van der Waals surface area (Å²) in [4.78, 5) is 12.2. The van der Waals surface area contributed by atoms with Gasteiger partial charge in [0, 0.05) is 12.2 Å². The number of hydrogen-bond acceptors (Lipinski definition) is 2. The molecule has 2 N–H and O–H groups in total. The van der Waals surface area contributed by atoms with E-state index in [1.807, 2.05) is 16.9 Å². The molecule has 1 aromatic heterocycles. The number of amides is 2. The van der Waals surface area contributed by atoms with Crippen molar-refractivity contribution in [2.75, 3.05) is 5.32 Å². The Kier molecular flexibility index (Phi) is 4.86. The van der Waals surface area contributed by atoms with E-state index in [9.17, 15) is 4.79 Å². The number of carbonyl (C=O) groups is 1. The normalized spacial score (nSPS) is 15.1. The van der Waals surface area contributed by atoms with Crippen molar-refractivity contribution in [1.82, 2.24) is 15.1 Å². The average Bonchev–Trinajstić information content (AvgIpc) is 3.09. The lowest BCUT2D eigenvalue weighted by molar-refractivity contribution is 0.244. The molecule has 1 aliphatic rings. The van der Waals surface area contributed by atoms with Crippen LogP contribution in [0.3, 0.4) is 0 Å². The van der Waals surface area contributed by atoms with Crippen LogP contribution in [0.4, 0.5) is 10.5 Å². The molecule has 0 unspecified atom stereocenters. The number of nitrogens with one attached hydrogen (secondary N) is 2. The smallest absolute Gasteiger partial charge is 0.319 e. The van der Waals surface area contributed by atoms with Crippen LogP contribution in [0.1, 0.15) is 37.7 Å². The zero-order valence-corrected chi connectivity index (χ0v) is 14.8. The van der Waals surface area contributed by atoms with Crippen LogP contribution >= 0.6 is 0 Å². The topological polar surface area (TPSA) is 59.0 Å². The molecule has 5 heteroatoms. The summed E-state index contributed by atoms with van der Waals surface area (Å²) in [6.07, 6.45) is 9.41. The molecule has 2 aromatic carbocycles. The Balaban J connectivity index is 1.40. The van der Waals surface area contributed by atoms with Crippen molar-refractivity contribution in [1.29, 1.82) is 0 Å². The van der Waals surface area contributed by atoms with Crippen LogP contribution in [-0.2, 0) is 6.54 Å². The highest BCUT2D eigenvalue weighted by Crippen LogP contribution is 2.20. The van der Waals surface area contributed by atoms with E-state index in [2.05, 4.69) is 52.1 Å². The first-order valence-electron chi connectivity index (χ1n) is 9.34. The molecule has 0 atom stereocenters. The standard InChI is InChI=1S/C21H24N4O/c26-21(23-18-10-2-1-3-11-18)24-19-13-22-25(15-19)14-17-9-6-8-16-7-4-5-12-20(16)17/h4-9,12-13,15,18H,1-3,10-11,14H2,(H2,23,24,26). The number of fused-ring (bicyclic) bond motifs is 1. The summed E-state index contributed by atoms with van der Waals surface area (Å²) in [5.74, 6) is 0. The van der Waals surface area contributed by atoms with E-state index < -0.39 is 0 Å². The van der Waals surface area contributed by atoms with Gasteiger partial charge in [0.2, 0.25) is 0 Å². The zero-order chi connectivity index (χ0) is 17.8. The van der Waals surface area contributed by atoms with Crippen LogP contribution in [0.15, 0.2) is 54.9 Å². The molecule has 1 aliphatic carbocycles. The van der Waals surface area contributed by atoms with Gasteiger partial charge in [-0.15, -0.1) is 0 Å². The van der Waals surface area contributed by atoms with E-state index in [-0.39, 0.29) is 6.03 Å². The maximum atomic E-state index is 12.2. The molecule has 4 rings (SSSR count). The van der Waals surface area contributed by atoms with Crippen LogP contribution in [0.25, 0.3) is 10.8 Å². The molecule has 0 spiro atoms. The summed E-state index contributed by atoms with van der Waals surface area (Å²) >= 11 is 0. The molecule has 1 fully saturated rings. The molecule has 134 valence electrons. The lowest BCUT2D eigenvalue weighted by Crippen LogP contribution is -2.38. The Labute approximate surface area is 153 Å². The van der Waals surface area contributed by atoms with E-state index in [1.54, 1.807) is 6.20 Å². The van der Waals surface area contributed by atoms with Crippen molar-refractivity contribution >= 4 is 22.5 Å². The lowest BCUT2D eigenvalue weighted by atomic mass is 9.96. The summed E-state index contributed by atoms with van der Waals surface area (Å²) in [6, 6.07) is 14.8. The van der Waals surface area contributed by atoms with Gasteiger partial charge in [0.1, 0.15) is 0 Å². The molecule has 1 heterocycles. The van der Waals surface area contributed by atoms with Gasteiger partial charge in [-0.2, -0.15) is 5.10 Å². The van der Waals surface area contributed by atoms with Gasteiger partial charge in [-0.05, 0) is 29.2 Å². The molecule has 1 saturated carbocycles. The highest BCUT2D eigenvalue weighted by atomic mass is 16.2. The van der Waals surface area contributed by atoms with Crippen molar-refractivity contribution in [3.63, 3.8) is 0 Å². The van der Waals surface area contributed by atoms with Crippen LogP contribution in [0, 0.1) is 0 Å². The van der Waals surface area contributed by atoms with E-state index in [0.29, 0.717) is 12.6 Å². The van der Waals surface area contributed by atoms with Crippen molar-refractivity contribution in [3.05, 3.63) is 60.4 Å². The third-order valence-corrected chi connectivity index (χ3v) is 5.04. The number of aromatic nitrogens is 2. The minimum atomic E-state index is -0.137. The Hall–Kier alpha value is -2.82. The van der Waals surface area contributed by atoms with Crippen molar-refractivity contribution < 1.29 is 4.79 Å². The number of carbonyl (C=O) groups excluding carboxylic acids is 1. The van der Waals surface area contributed by atoms with Crippen molar-refractivity contribution in [3.8, 4) is 0 Å². The molecular weight excluding hydrogens is 324 g/mol. The van der Waals surface area contributed by atoms with Gasteiger partial charge in [-0.25, -0.2) is 4.79 Å². The van der Waals surface area contributed by atoms with Crippen molar-refractivity contribution in [2.45, 2.75) is 44.7 Å². The largest absolute Gasteiger partial charge is 0.335 e. The molecule has 2 amide bonds. The van der Waals surface area contributed by atoms with E-state index >= 15 is 0 Å². The number of rotatable bonds is 4. The van der Waals surface area contributed by atoms with Gasteiger partial charge in [0.25, 0.3) is 0 Å². The summed E-state index contributed by atoms with van der Waals surface area (Å²) in [7, 11) is 0. The first-order valence-corrected chi connectivity index (χ1v) is 9.34. The third-order valence-electron chi connectivity index (χ3n) is 5.04. The van der Waals surface area contributed by atoms with E-state index in [4.69, 9.17) is 0 Å². The van der Waals surface area contributed by atoms with Gasteiger partial charge in [0.15, 0.2) is 0 Å². The van der Waals surface area contributed by atoms with Crippen LogP contribution in [0.5, 0.6) is 0 Å². The first-order chi connectivity index (χ1) is 12.8. The zero-order valence-electron chi connectivity index (χ0n) is 14.8. The van der Waals surface area contributed by atoms with E-state index in [0.717, 1.165) is 18.5 Å². The van der Waals surface area contributed by atoms with Gasteiger partial charge in [-0.1, -0.05) is 61.7 Å². The minimum absolute atomic E-state index is 0.137. The fourth-order valence-electron chi connectivity index (χ4n) is 3.72. The predicted octanol–water partition coefficient (Wildman–Crippen LogP) is 4.54. The highest BCUT2D eigenvalue weighted by molar-refractivity contribution is 5.89. The average molecular weight is 348 g/mol. The van der Waals surface area contributed by atoms with E-state index in [1.165, 1.54) is 35.6 Å². The second kappa shape index (κ2) is 7.60. The summed E-state index contributed by atoms with van der Waals surface area (Å²) < 4.78 is 1.86. The second-order valence-electron chi connectivity index (χ2n) is 7.00. The maximum absolute atomic E-state index is 12.2. The van der Waals surface area contributed by atoms with Crippen LogP contribution in [0.2, 0.25) is 0 Å². The van der Waals surface area contributed by atoms with Gasteiger partial charge in [0.05, 0.1) is 18.4 Å². The van der Waals surface area contributed by atoms with Crippen LogP contribution in [-0.4, -0.2) is 21.9 Å². The number of urea groups is 1. The maximum Gasteiger partial charge on any atom is 0.319 e. The van der Waals surface area contributed by atoms with Gasteiger partial charge in [-0.3, -0.25) is 4.68 Å². The molecule has 0 saturated heterocycles. The van der Waals surface area contributed by atoms with Gasteiger partial charge >= 0.3 is 6.03 Å². The fraction of sp³-hybridized carbons (Fsp3) is 0.333. The summed E-state index contributed by atoms with van der Waals surface area (Å²) in [5.41, 5.74) is 1.93. The number of nitrogens with zero attached hydrogens (tertiary/aromatic N) is 2. The van der Waals surface area contributed by atoms with Crippen LogP contribution < -0.4 is 10.6 Å². The molecular formula is C21H24N4O. The number of hydrogen-bond donors (Lipinski definition) is 2. The number of anilines is 1. The molecule has 3 aromatic rings.